The molecule has 1 aromatic heterocycles. The van der Waals surface area contributed by atoms with Gasteiger partial charge in [0.2, 0.25) is 11.8 Å². The third kappa shape index (κ3) is 3.84. The van der Waals surface area contributed by atoms with Crippen molar-refractivity contribution < 1.29 is 14.0 Å². The molecule has 1 aliphatic rings. The Labute approximate surface area is 150 Å². The number of hydrogen-bond donors (Lipinski definition) is 1. The molecule has 2 amide bonds. The number of halogens is 2. The largest absolute Gasteiger partial charge is 0.467 e. The fraction of sp³-hybridized carbons (Fsp3) is 0.250. The molecular weight excluding hydrogens is 428 g/mol. The number of nitrogens with one attached hydrogen (secondary N) is 1. The van der Waals surface area contributed by atoms with E-state index in [1.54, 1.807) is 17.2 Å². The lowest BCUT2D eigenvalue weighted by Crippen LogP contribution is -2.28. The molecule has 2 aromatic rings. The first-order valence-corrected chi connectivity index (χ1v) is 8.67. The Bertz CT molecular complexity index is 731. The second kappa shape index (κ2) is 6.88. The van der Waals surface area contributed by atoms with Crippen LogP contribution in [0.15, 0.2) is 50.0 Å². The maximum Gasteiger partial charge on any atom is 0.229 e. The Balaban J connectivity index is 1.63. The highest BCUT2D eigenvalue weighted by molar-refractivity contribution is 9.11. The fourth-order valence-electron chi connectivity index (χ4n) is 2.52. The van der Waals surface area contributed by atoms with Crippen LogP contribution in [-0.4, -0.2) is 23.3 Å². The van der Waals surface area contributed by atoms with Crippen molar-refractivity contribution in [3.8, 4) is 0 Å². The topological polar surface area (TPSA) is 62.6 Å². The van der Waals surface area contributed by atoms with E-state index in [-0.39, 0.29) is 24.2 Å². The van der Waals surface area contributed by atoms with E-state index >= 15 is 0 Å². The summed E-state index contributed by atoms with van der Waals surface area (Å²) in [5, 5.41) is 2.87. The summed E-state index contributed by atoms with van der Waals surface area (Å²) in [4.78, 5) is 26.1. The van der Waals surface area contributed by atoms with Gasteiger partial charge in [0.05, 0.1) is 24.4 Å². The number of hydrogen-bond acceptors (Lipinski definition) is 3. The molecule has 7 heteroatoms. The highest BCUT2D eigenvalue weighted by Crippen LogP contribution is 2.28. The number of nitrogens with zero attached hydrogens (tertiary/aromatic N) is 1. The lowest BCUT2D eigenvalue weighted by molar-refractivity contribution is -0.128. The number of carbonyl (C=O) groups is 2. The average molecular weight is 442 g/mol. The molecule has 1 aliphatic heterocycles. The molecule has 0 bridgehead atoms. The minimum absolute atomic E-state index is 0.0311. The first kappa shape index (κ1) is 16.3. The van der Waals surface area contributed by atoms with Crippen LogP contribution in [0.3, 0.4) is 0 Å². The van der Waals surface area contributed by atoms with Crippen LogP contribution in [0, 0.1) is 5.92 Å². The van der Waals surface area contributed by atoms with Crippen LogP contribution in [0.1, 0.15) is 12.2 Å². The molecule has 120 valence electrons. The molecule has 0 saturated carbocycles. The van der Waals surface area contributed by atoms with Crippen LogP contribution in [-0.2, 0) is 16.1 Å². The van der Waals surface area contributed by atoms with Crippen molar-refractivity contribution >= 4 is 49.4 Å². The molecule has 1 saturated heterocycles. The fourth-order valence-corrected chi connectivity index (χ4v) is 3.66. The van der Waals surface area contributed by atoms with Crippen molar-refractivity contribution in [3.63, 3.8) is 0 Å². The normalized spacial score (nSPS) is 17.6. The third-order valence-electron chi connectivity index (χ3n) is 3.70. The van der Waals surface area contributed by atoms with Gasteiger partial charge >= 0.3 is 0 Å². The van der Waals surface area contributed by atoms with Gasteiger partial charge in [-0.1, -0.05) is 15.9 Å². The van der Waals surface area contributed by atoms with E-state index in [4.69, 9.17) is 4.42 Å². The Morgan fingerprint density at radius 2 is 2.17 bits per heavy atom. The van der Waals surface area contributed by atoms with Gasteiger partial charge in [0.15, 0.2) is 0 Å². The number of furan rings is 1. The smallest absolute Gasteiger partial charge is 0.229 e. The molecule has 0 spiro atoms. The van der Waals surface area contributed by atoms with E-state index in [9.17, 15) is 9.59 Å². The van der Waals surface area contributed by atoms with Crippen LogP contribution < -0.4 is 5.32 Å². The first-order chi connectivity index (χ1) is 11.0. The van der Waals surface area contributed by atoms with E-state index < -0.39 is 0 Å². The number of likely N-dealkylation sites (tertiary alicyclic amines) is 1. The minimum atomic E-state index is -0.354. The van der Waals surface area contributed by atoms with E-state index in [0.717, 1.165) is 14.7 Å². The quantitative estimate of drug-likeness (QED) is 0.784. The second-order valence-electron chi connectivity index (χ2n) is 5.37. The van der Waals surface area contributed by atoms with Crippen molar-refractivity contribution in [1.29, 1.82) is 0 Å². The van der Waals surface area contributed by atoms with Crippen molar-refractivity contribution in [2.75, 3.05) is 11.9 Å². The standard InChI is InChI=1S/C16H14Br2N2O3/c17-11-3-4-14(13(18)7-11)19-16(22)10-6-15(21)20(8-10)9-12-2-1-5-23-12/h1-5,7,10H,6,8-9H2,(H,19,22). The summed E-state index contributed by atoms with van der Waals surface area (Å²) in [7, 11) is 0. The van der Waals surface area contributed by atoms with E-state index in [0.29, 0.717) is 18.8 Å². The third-order valence-corrected chi connectivity index (χ3v) is 4.85. The first-order valence-electron chi connectivity index (χ1n) is 7.09. The molecule has 1 aromatic carbocycles. The van der Waals surface area contributed by atoms with Crippen LogP contribution in [0.5, 0.6) is 0 Å². The van der Waals surface area contributed by atoms with Crippen molar-refractivity contribution in [2.45, 2.75) is 13.0 Å². The van der Waals surface area contributed by atoms with Gasteiger partial charge in [-0.25, -0.2) is 0 Å². The van der Waals surface area contributed by atoms with E-state index in [2.05, 4.69) is 37.2 Å². The zero-order chi connectivity index (χ0) is 16.4. The number of amides is 2. The van der Waals surface area contributed by atoms with Gasteiger partial charge < -0.3 is 14.6 Å². The van der Waals surface area contributed by atoms with Gasteiger partial charge in [0.25, 0.3) is 0 Å². The predicted octanol–water partition coefficient (Wildman–Crippen LogP) is 3.79. The highest BCUT2D eigenvalue weighted by atomic mass is 79.9. The summed E-state index contributed by atoms with van der Waals surface area (Å²) >= 11 is 6.78. The molecule has 3 rings (SSSR count). The molecule has 2 heterocycles. The van der Waals surface area contributed by atoms with Gasteiger partial charge in [-0.2, -0.15) is 0 Å². The molecule has 5 nitrogen and oxygen atoms in total. The highest BCUT2D eigenvalue weighted by Gasteiger charge is 2.34. The van der Waals surface area contributed by atoms with Crippen molar-refractivity contribution in [2.24, 2.45) is 5.92 Å². The maximum absolute atomic E-state index is 12.4. The average Bonchev–Trinajstić information content (AvgIpc) is 3.13. The van der Waals surface area contributed by atoms with Crippen molar-refractivity contribution in [3.05, 3.63) is 51.3 Å². The number of anilines is 1. The van der Waals surface area contributed by atoms with E-state index in [1.165, 1.54) is 0 Å². The number of carbonyl (C=O) groups excluding carboxylic acids is 2. The SMILES string of the molecule is O=C(Nc1ccc(Br)cc1Br)C1CC(=O)N(Cc2ccco2)C1. The molecule has 1 unspecified atom stereocenters. The monoisotopic (exact) mass is 440 g/mol. The summed E-state index contributed by atoms with van der Waals surface area (Å²) < 4.78 is 6.97. The summed E-state index contributed by atoms with van der Waals surface area (Å²) in [5.74, 6) is 0.183. The maximum atomic E-state index is 12.4. The Morgan fingerprint density at radius 1 is 1.35 bits per heavy atom. The lowest BCUT2D eigenvalue weighted by atomic mass is 10.1. The van der Waals surface area contributed by atoms with Crippen LogP contribution in [0.4, 0.5) is 5.69 Å². The molecule has 23 heavy (non-hydrogen) atoms. The number of rotatable bonds is 4. The predicted molar refractivity (Wildman–Crippen MR) is 92.7 cm³/mol. The van der Waals surface area contributed by atoms with Crippen LogP contribution in [0.2, 0.25) is 0 Å². The molecule has 1 N–H and O–H groups in total. The summed E-state index contributed by atoms with van der Waals surface area (Å²) in [6.07, 6.45) is 1.80. The van der Waals surface area contributed by atoms with Gasteiger partial charge in [0.1, 0.15) is 5.76 Å². The molecule has 1 fully saturated rings. The second-order valence-corrected chi connectivity index (χ2v) is 7.14. The van der Waals surface area contributed by atoms with Gasteiger partial charge in [0, 0.05) is 21.9 Å². The minimum Gasteiger partial charge on any atom is -0.467 e. The zero-order valence-electron chi connectivity index (χ0n) is 12.1. The summed E-state index contributed by atoms with van der Waals surface area (Å²) in [5.41, 5.74) is 0.690. The lowest BCUT2D eigenvalue weighted by Gasteiger charge is -2.15. The van der Waals surface area contributed by atoms with E-state index in [1.807, 2.05) is 24.3 Å². The summed E-state index contributed by atoms with van der Waals surface area (Å²) in [6.45, 7) is 0.803. The zero-order valence-corrected chi connectivity index (χ0v) is 15.3. The Kier molecular flexibility index (Phi) is 4.87. The molecule has 1 atom stereocenters. The molecule has 0 aliphatic carbocycles. The molecular formula is C16H14Br2N2O3. The molecule has 0 radical (unpaired) electrons. The Hall–Kier alpha value is -1.60. The van der Waals surface area contributed by atoms with Crippen LogP contribution in [0.25, 0.3) is 0 Å². The van der Waals surface area contributed by atoms with Gasteiger partial charge in [-0.05, 0) is 46.3 Å². The van der Waals surface area contributed by atoms with Gasteiger partial charge in [-0.15, -0.1) is 0 Å². The summed E-state index contributed by atoms with van der Waals surface area (Å²) in [6, 6.07) is 9.12. The van der Waals surface area contributed by atoms with Crippen LogP contribution >= 0.6 is 31.9 Å². The van der Waals surface area contributed by atoms with Crippen molar-refractivity contribution in [1.82, 2.24) is 4.90 Å². The Morgan fingerprint density at radius 3 is 2.87 bits per heavy atom. The number of benzene rings is 1. The van der Waals surface area contributed by atoms with Gasteiger partial charge in [-0.3, -0.25) is 9.59 Å².